The molecule has 2 saturated heterocycles. The van der Waals surface area contributed by atoms with Gasteiger partial charge in [-0.1, -0.05) is 279 Å². The van der Waals surface area contributed by atoms with Crippen LogP contribution in [0.3, 0.4) is 0 Å². The summed E-state index contributed by atoms with van der Waals surface area (Å²) in [7, 11) is 0. The molecule has 8 atom stereocenters. The van der Waals surface area contributed by atoms with E-state index >= 15 is 0 Å². The number of hydrogen-bond acceptors (Lipinski definition) is 6. The predicted molar refractivity (Wildman–Crippen MR) is 467 cm³/mol. The number of hydrogen-bond donors (Lipinski definition) is 1. The van der Waals surface area contributed by atoms with Crippen LogP contribution >= 0.6 is 0 Å². The summed E-state index contributed by atoms with van der Waals surface area (Å²) in [6.45, 7) is -0.322. The summed E-state index contributed by atoms with van der Waals surface area (Å²) in [5.41, 5.74) is 39.5. The number of anilines is 13. The zero-order valence-corrected chi connectivity index (χ0v) is 62.7. The summed E-state index contributed by atoms with van der Waals surface area (Å²) >= 11 is 0. The molecule has 6 saturated carbocycles. The van der Waals surface area contributed by atoms with E-state index in [4.69, 9.17) is 0 Å². The van der Waals surface area contributed by atoms with Gasteiger partial charge in [0.05, 0.1) is 17.1 Å². The Morgan fingerprint density at radius 1 is 0.250 bits per heavy atom. The average molecular weight is 1440 g/mol. The molecule has 6 aliphatic heterocycles. The fourth-order valence-corrected chi connectivity index (χ4v) is 26.2. The minimum absolute atomic E-state index is 0.137. The molecule has 0 aromatic heterocycles. The van der Waals surface area contributed by atoms with Crippen LogP contribution < -0.4 is 62.6 Å². The number of benzene rings is 14. The van der Waals surface area contributed by atoms with Gasteiger partial charge in [0, 0.05) is 114 Å². The molecule has 112 heavy (non-hydrogen) atoms. The summed E-state index contributed by atoms with van der Waals surface area (Å²) < 4.78 is 0. The van der Waals surface area contributed by atoms with Gasteiger partial charge in [-0.05, 0) is 207 Å². The minimum Gasteiger partial charge on any atom is -0.365 e. The van der Waals surface area contributed by atoms with Crippen molar-refractivity contribution in [3.63, 3.8) is 0 Å². The number of nitrogens with one attached hydrogen (secondary N) is 1. The van der Waals surface area contributed by atoms with Crippen molar-refractivity contribution in [3.05, 3.63) is 322 Å². The van der Waals surface area contributed by atoms with E-state index < -0.39 is 0 Å². The SMILES string of the molecule is c1ccc(-c2cccc(-c3ccccc3)c2N2c3ccccc3B3c4cc5c(cc4Nc4cc(N6C7CC8CC9CC6CC89C7)cc2c43)N(c2c(-c3ccccc3)cccc2-c2ccccc2)c2cc(N3C4CC6CC7CC3CC67C4)cc3c2B5c2ccccc2N3c2c(-c3ccccc3)cccc2-c2ccccc2)cc1. The third-order valence-electron chi connectivity index (χ3n) is 30.4. The van der Waals surface area contributed by atoms with Gasteiger partial charge in [0.2, 0.25) is 0 Å². The Hall–Kier alpha value is -12.0. The molecule has 8 fully saturated rings. The van der Waals surface area contributed by atoms with Gasteiger partial charge >= 0.3 is 0 Å². The number of nitrogens with zero attached hydrogens (tertiary/aromatic N) is 5. The van der Waals surface area contributed by atoms with Gasteiger partial charge < -0.3 is 29.8 Å². The lowest BCUT2D eigenvalue weighted by Gasteiger charge is -2.49. The maximum absolute atomic E-state index is 4.56. The van der Waals surface area contributed by atoms with Crippen molar-refractivity contribution in [2.24, 2.45) is 34.5 Å². The molecule has 14 aromatic carbocycles. The smallest absolute Gasteiger partial charge is 0.252 e. The van der Waals surface area contributed by atoms with Crippen molar-refractivity contribution in [1.82, 2.24) is 0 Å². The van der Waals surface area contributed by atoms with Crippen LogP contribution in [0, 0.1) is 34.5 Å². The highest BCUT2D eigenvalue weighted by atomic mass is 15.3. The van der Waals surface area contributed by atoms with Crippen molar-refractivity contribution < 1.29 is 0 Å². The van der Waals surface area contributed by atoms with E-state index in [0.29, 0.717) is 35.0 Å². The summed E-state index contributed by atoms with van der Waals surface area (Å²) in [4.78, 5) is 14.3. The molecule has 8 unspecified atom stereocenters. The highest BCUT2D eigenvalue weighted by Gasteiger charge is 2.70. The normalized spacial score (nSPS) is 24.4. The second kappa shape index (κ2) is 23.3. The molecule has 26 rings (SSSR count). The molecule has 2 spiro atoms. The largest absolute Gasteiger partial charge is 0.365 e. The van der Waals surface area contributed by atoms with Gasteiger partial charge in [-0.15, -0.1) is 0 Å². The van der Waals surface area contributed by atoms with Crippen LogP contribution in [-0.2, 0) is 0 Å². The molecule has 6 heterocycles. The zero-order valence-electron chi connectivity index (χ0n) is 62.7. The van der Waals surface area contributed by atoms with Crippen molar-refractivity contribution in [2.45, 2.75) is 88.4 Å². The molecule has 534 valence electrons. The van der Waals surface area contributed by atoms with Crippen molar-refractivity contribution in [1.29, 1.82) is 0 Å². The summed E-state index contributed by atoms with van der Waals surface area (Å²) in [5, 5.41) is 4.56. The second-order valence-electron chi connectivity index (χ2n) is 35.2. The highest BCUT2D eigenvalue weighted by molar-refractivity contribution is 7.03. The van der Waals surface area contributed by atoms with E-state index in [1.54, 1.807) is 0 Å². The maximum Gasteiger partial charge on any atom is 0.252 e. The van der Waals surface area contributed by atoms with Gasteiger partial charge in [-0.25, -0.2) is 0 Å². The Bertz CT molecular complexity index is 6050. The monoisotopic (exact) mass is 1440 g/mol. The first-order valence-corrected chi connectivity index (χ1v) is 41.6. The van der Waals surface area contributed by atoms with Crippen LogP contribution in [0.4, 0.5) is 73.9 Å². The van der Waals surface area contributed by atoms with Crippen LogP contribution in [0.25, 0.3) is 66.8 Å². The van der Waals surface area contributed by atoms with Gasteiger partial charge in [-0.2, -0.15) is 0 Å². The van der Waals surface area contributed by atoms with Gasteiger partial charge in [0.25, 0.3) is 13.4 Å². The van der Waals surface area contributed by atoms with Crippen LogP contribution in [0.2, 0.25) is 0 Å². The van der Waals surface area contributed by atoms with E-state index in [1.807, 2.05) is 0 Å². The summed E-state index contributed by atoms with van der Waals surface area (Å²) in [5.74, 6) is 3.35. The molecule has 0 amide bonds. The third-order valence-corrected chi connectivity index (χ3v) is 30.4. The Kier molecular flexibility index (Phi) is 13.1. The molecule has 0 radical (unpaired) electrons. The minimum atomic E-state index is -0.184. The average Bonchev–Trinajstić information content (AvgIpc) is 1.45. The first-order valence-electron chi connectivity index (χ1n) is 41.6. The van der Waals surface area contributed by atoms with Gasteiger partial charge in [-0.3, -0.25) is 0 Å². The van der Waals surface area contributed by atoms with Crippen molar-refractivity contribution in [3.8, 4) is 66.8 Å². The summed E-state index contributed by atoms with van der Waals surface area (Å²) in [6.07, 6.45) is 13.3. The fourth-order valence-electron chi connectivity index (χ4n) is 26.2. The molecule has 6 nitrogen and oxygen atoms in total. The lowest BCUT2D eigenvalue weighted by atomic mass is 9.30. The molecule has 14 aromatic rings. The number of fused-ring (bicyclic) bond motifs is 12. The van der Waals surface area contributed by atoms with E-state index in [2.05, 4.69) is 351 Å². The van der Waals surface area contributed by atoms with E-state index in [0.717, 1.165) is 23.7 Å². The van der Waals surface area contributed by atoms with E-state index in [-0.39, 0.29) is 13.4 Å². The van der Waals surface area contributed by atoms with Gasteiger partial charge in [0.15, 0.2) is 0 Å². The molecular formula is C104H82B2N6. The fraction of sp³-hybridized carbons (Fsp3) is 0.192. The van der Waals surface area contributed by atoms with Crippen LogP contribution in [-0.4, -0.2) is 37.6 Å². The first kappa shape index (κ1) is 62.7. The first-order chi connectivity index (χ1) is 55.5. The quantitative estimate of drug-likeness (QED) is 0.130. The predicted octanol–water partition coefficient (Wildman–Crippen LogP) is 21.7. The molecule has 1 N–H and O–H groups in total. The van der Waals surface area contributed by atoms with Crippen LogP contribution in [0.15, 0.2) is 322 Å². The molecule has 12 aliphatic rings. The topological polar surface area (TPSA) is 28.2 Å². The Morgan fingerprint density at radius 2 is 0.562 bits per heavy atom. The van der Waals surface area contributed by atoms with Crippen LogP contribution in [0.1, 0.15) is 64.2 Å². The lowest BCUT2D eigenvalue weighted by molar-refractivity contribution is 0.00223. The zero-order chi connectivity index (χ0) is 72.8. The molecule has 6 bridgehead atoms. The number of rotatable bonds is 11. The van der Waals surface area contributed by atoms with E-state index in [9.17, 15) is 0 Å². The third kappa shape index (κ3) is 8.57. The van der Waals surface area contributed by atoms with Crippen molar-refractivity contribution >= 4 is 120 Å². The van der Waals surface area contributed by atoms with E-state index in [1.165, 1.54) is 238 Å². The standard InChI is InChI=1S/C104H82B2N6/c1-7-26-64(27-8-1)80-38-23-39-81(65-28-9-2-10-29-65)100(80)110-92-46-21-19-44-86(92)105-88-58-89-94(59-90(88)107-91-54-74(55-95(110)98(91)105)108-76-50-70-48-71-51-77(108)61-103(70,71)60-76)112(102-84(68-34-15-5-16-35-68)42-25-43-85(102)69-36-17-6-18-37-69)97-57-75(109-78-52-72-49-73-53-79(109)63-104(72,73)62-78)56-96-99(97)106(89)87-45-20-22-47-93(87)111(96)101-82(66-30-11-3-12-31-66)40-24-41-83(101)67-32-13-4-14-33-67/h1-47,54-59,70-73,76-79,107H,48-53,60-63H2. The maximum atomic E-state index is 4.56. The Morgan fingerprint density at radius 3 is 0.929 bits per heavy atom. The lowest BCUT2D eigenvalue weighted by Crippen LogP contribution is -2.65. The highest BCUT2D eigenvalue weighted by Crippen LogP contribution is 2.75. The summed E-state index contributed by atoms with van der Waals surface area (Å²) in [6, 6.07) is 126. The molecule has 6 aliphatic carbocycles. The number of para-hydroxylation sites is 5. The second-order valence-corrected chi connectivity index (χ2v) is 35.2. The molecule has 8 heteroatoms. The molecular weight excluding hydrogens is 1350 g/mol. The van der Waals surface area contributed by atoms with Crippen LogP contribution in [0.5, 0.6) is 0 Å². The number of piperidine rings is 2. The van der Waals surface area contributed by atoms with Crippen molar-refractivity contribution in [2.75, 3.05) is 29.8 Å². The Labute approximate surface area is 656 Å². The Balaban J connectivity index is 0.775. The van der Waals surface area contributed by atoms with Gasteiger partial charge in [0.1, 0.15) is 0 Å².